The Kier molecular flexibility index (Phi) is 8.54. The number of anilines is 2. The van der Waals surface area contributed by atoms with E-state index in [4.69, 9.17) is 0 Å². The fourth-order valence-electron chi connectivity index (χ4n) is 5.49. The highest BCUT2D eigenvalue weighted by Gasteiger charge is 2.31. The zero-order valence-corrected chi connectivity index (χ0v) is 25.0. The summed E-state index contributed by atoms with van der Waals surface area (Å²) in [5, 5.41) is 13.5. The number of carbonyl (C=O) groups is 1. The van der Waals surface area contributed by atoms with E-state index < -0.39 is 11.7 Å². The molecule has 0 aliphatic carbocycles. The molecule has 1 saturated heterocycles. The molecule has 10 heteroatoms. The quantitative estimate of drug-likeness (QED) is 0.189. The minimum absolute atomic E-state index is 0.0515. The maximum Gasteiger partial charge on any atom is 0.416 e. The largest absolute Gasteiger partial charge is 0.416 e. The lowest BCUT2D eigenvalue weighted by Crippen LogP contribution is -2.46. The molecule has 0 spiro atoms. The van der Waals surface area contributed by atoms with Crippen molar-refractivity contribution in [2.24, 2.45) is 0 Å². The van der Waals surface area contributed by atoms with Crippen LogP contribution in [-0.4, -0.2) is 47.2 Å². The minimum atomic E-state index is -4.34. The molecule has 1 fully saturated rings. The number of amides is 1. The number of carbonyl (C=O) groups excluding carboxylic acids is 1. The zero-order chi connectivity index (χ0) is 30.7. The van der Waals surface area contributed by atoms with Crippen LogP contribution in [0.25, 0.3) is 23.1 Å². The molecule has 0 atom stereocenters. The molecule has 3 heterocycles. The average molecular weight is 616 g/mol. The minimum Gasteiger partial charge on any atom is -0.369 e. The van der Waals surface area contributed by atoms with Gasteiger partial charge < -0.3 is 10.2 Å². The summed E-state index contributed by atoms with van der Waals surface area (Å²) in [7, 11) is 0. The summed E-state index contributed by atoms with van der Waals surface area (Å²) in [6.07, 6.45) is -0.00154. The molecule has 2 aromatic heterocycles. The van der Waals surface area contributed by atoms with Crippen LogP contribution in [0.15, 0.2) is 78.2 Å². The van der Waals surface area contributed by atoms with Crippen LogP contribution in [0.1, 0.15) is 32.8 Å². The Morgan fingerprint density at radius 2 is 1.82 bits per heavy atom. The Morgan fingerprint density at radius 1 is 1.00 bits per heavy atom. The number of nitrogens with one attached hydrogen (secondary N) is 2. The molecule has 6 rings (SSSR count). The number of piperazine rings is 1. The number of aromatic amines is 1. The molecule has 1 aliphatic heterocycles. The van der Waals surface area contributed by atoms with Crippen LogP contribution in [0.4, 0.5) is 24.5 Å². The summed E-state index contributed by atoms with van der Waals surface area (Å²) < 4.78 is 39.5. The van der Waals surface area contributed by atoms with Crippen LogP contribution >= 0.6 is 11.3 Å². The molecule has 0 bridgehead atoms. The molecule has 3 aromatic carbocycles. The monoisotopic (exact) mass is 615 g/mol. The van der Waals surface area contributed by atoms with Gasteiger partial charge in [-0.25, -0.2) is 0 Å². The van der Waals surface area contributed by atoms with Crippen molar-refractivity contribution in [2.75, 3.05) is 36.4 Å². The van der Waals surface area contributed by atoms with Gasteiger partial charge >= 0.3 is 6.18 Å². The number of H-pyrrole nitrogens is 1. The molecule has 44 heavy (non-hydrogen) atoms. The van der Waals surface area contributed by atoms with E-state index >= 15 is 0 Å². The number of nitrogens with zero attached hydrogens (tertiary/aromatic N) is 3. The zero-order valence-electron chi connectivity index (χ0n) is 24.2. The third-order valence-electron chi connectivity index (χ3n) is 7.83. The van der Waals surface area contributed by atoms with E-state index in [1.165, 1.54) is 12.1 Å². The topological polar surface area (TPSA) is 64.3 Å². The third-order valence-corrected chi connectivity index (χ3v) is 8.70. The number of thiophene rings is 1. The summed E-state index contributed by atoms with van der Waals surface area (Å²) in [6, 6.07) is 21.7. The summed E-state index contributed by atoms with van der Waals surface area (Å²) in [5.41, 5.74) is 5.61. The molecule has 0 unspecified atom stereocenters. The average Bonchev–Trinajstić information content (AvgIpc) is 3.66. The molecule has 6 nitrogen and oxygen atoms in total. The molecule has 1 aliphatic rings. The SMILES string of the molecule is Cc1cc2[nH]nc(C=Cc3cccc(CN4CCN(c5cccc(C(F)(F)F)c5)CC4)c3)c2cc1NC(=O)Cc1cccs1. The number of benzene rings is 3. The van der Waals surface area contributed by atoms with Gasteiger partial charge in [-0.1, -0.05) is 42.5 Å². The van der Waals surface area contributed by atoms with Gasteiger partial charge in [0.15, 0.2) is 0 Å². The van der Waals surface area contributed by atoms with Crippen LogP contribution in [0.5, 0.6) is 0 Å². The van der Waals surface area contributed by atoms with Crippen molar-refractivity contribution in [3.8, 4) is 0 Å². The molecule has 1 amide bonds. The molecule has 0 radical (unpaired) electrons. The summed E-state index contributed by atoms with van der Waals surface area (Å²) in [6.45, 7) is 5.60. The molecule has 2 N–H and O–H groups in total. The van der Waals surface area contributed by atoms with Gasteiger partial charge in [0.05, 0.1) is 23.2 Å². The Bertz CT molecular complexity index is 1790. The Hall–Kier alpha value is -4.41. The number of hydrogen-bond donors (Lipinski definition) is 2. The lowest BCUT2D eigenvalue weighted by molar-refractivity contribution is -0.137. The normalized spacial score (nSPS) is 14.5. The lowest BCUT2D eigenvalue weighted by Gasteiger charge is -2.36. The predicted octanol–water partition coefficient (Wildman–Crippen LogP) is 7.63. The lowest BCUT2D eigenvalue weighted by atomic mass is 10.1. The van der Waals surface area contributed by atoms with Crippen LogP contribution in [0.2, 0.25) is 0 Å². The smallest absolute Gasteiger partial charge is 0.369 e. The predicted molar refractivity (Wildman–Crippen MR) is 172 cm³/mol. The van der Waals surface area contributed by atoms with Crippen molar-refractivity contribution in [1.82, 2.24) is 15.1 Å². The number of aromatic nitrogens is 2. The highest BCUT2D eigenvalue weighted by molar-refractivity contribution is 7.10. The molecule has 226 valence electrons. The van der Waals surface area contributed by atoms with E-state index in [1.807, 2.05) is 65.8 Å². The van der Waals surface area contributed by atoms with Crippen molar-refractivity contribution >= 4 is 51.7 Å². The first-order chi connectivity index (χ1) is 21.2. The van der Waals surface area contributed by atoms with E-state index in [2.05, 4.69) is 32.5 Å². The number of rotatable bonds is 8. The van der Waals surface area contributed by atoms with E-state index in [1.54, 1.807) is 17.4 Å². The first-order valence-corrected chi connectivity index (χ1v) is 15.3. The van der Waals surface area contributed by atoms with Gasteiger partial charge in [0.1, 0.15) is 0 Å². The fraction of sp³-hybridized carbons (Fsp3) is 0.235. The Morgan fingerprint density at radius 3 is 2.59 bits per heavy atom. The van der Waals surface area contributed by atoms with Gasteiger partial charge in [-0.2, -0.15) is 18.3 Å². The molecular weight excluding hydrogens is 583 g/mol. The molecular formula is C34H32F3N5OS. The van der Waals surface area contributed by atoms with Crippen LogP contribution in [0.3, 0.4) is 0 Å². The van der Waals surface area contributed by atoms with Crippen LogP contribution in [-0.2, 0) is 23.9 Å². The van der Waals surface area contributed by atoms with E-state index in [-0.39, 0.29) is 5.91 Å². The summed E-state index contributed by atoms with van der Waals surface area (Å²) >= 11 is 1.57. The number of halogens is 3. The van der Waals surface area contributed by atoms with Crippen molar-refractivity contribution in [2.45, 2.75) is 26.1 Å². The van der Waals surface area contributed by atoms with Crippen molar-refractivity contribution in [3.63, 3.8) is 0 Å². The number of hydrogen-bond acceptors (Lipinski definition) is 5. The summed E-state index contributed by atoms with van der Waals surface area (Å²) in [5.74, 6) is -0.0515. The second-order valence-electron chi connectivity index (χ2n) is 11.0. The van der Waals surface area contributed by atoms with Crippen LogP contribution in [0, 0.1) is 6.92 Å². The second-order valence-corrected chi connectivity index (χ2v) is 12.0. The number of aryl methyl sites for hydroxylation is 1. The van der Waals surface area contributed by atoms with Crippen molar-refractivity contribution < 1.29 is 18.0 Å². The maximum absolute atomic E-state index is 13.2. The van der Waals surface area contributed by atoms with Gasteiger partial charge in [0.25, 0.3) is 0 Å². The highest BCUT2D eigenvalue weighted by atomic mass is 32.1. The van der Waals surface area contributed by atoms with Crippen LogP contribution < -0.4 is 10.2 Å². The van der Waals surface area contributed by atoms with Gasteiger partial charge in [-0.05, 0) is 71.5 Å². The third kappa shape index (κ3) is 7.03. The van der Waals surface area contributed by atoms with Gasteiger partial charge in [-0.3, -0.25) is 14.8 Å². The fourth-order valence-corrected chi connectivity index (χ4v) is 6.20. The molecule has 5 aromatic rings. The summed E-state index contributed by atoms with van der Waals surface area (Å²) in [4.78, 5) is 18.0. The Balaban J connectivity index is 1.09. The maximum atomic E-state index is 13.2. The Labute approximate surface area is 257 Å². The van der Waals surface area contributed by atoms with E-state index in [0.717, 1.165) is 69.6 Å². The number of alkyl halides is 3. The van der Waals surface area contributed by atoms with E-state index in [0.29, 0.717) is 25.2 Å². The van der Waals surface area contributed by atoms with E-state index in [9.17, 15) is 18.0 Å². The van der Waals surface area contributed by atoms with Crippen molar-refractivity contribution in [1.29, 1.82) is 0 Å². The van der Waals surface area contributed by atoms with Gasteiger partial charge in [0, 0.05) is 54.4 Å². The highest BCUT2D eigenvalue weighted by Crippen LogP contribution is 2.32. The molecule has 0 saturated carbocycles. The number of fused-ring (bicyclic) bond motifs is 1. The van der Waals surface area contributed by atoms with Gasteiger partial charge in [-0.15, -0.1) is 11.3 Å². The van der Waals surface area contributed by atoms with Gasteiger partial charge in [0.2, 0.25) is 5.91 Å². The first kappa shape index (κ1) is 29.7. The standard InChI is InChI=1S/C34H32F3N5OS/c1-23-17-32-29(21-31(23)38-33(43)20-28-9-4-16-44-28)30(39-40-32)11-10-24-5-2-6-25(18-24)22-41-12-14-42(15-13-41)27-8-3-7-26(19-27)34(35,36)37/h2-11,16-19,21H,12-15,20,22H2,1H3,(H,38,43)(H,39,40). The second kappa shape index (κ2) is 12.7. The van der Waals surface area contributed by atoms with Crippen molar-refractivity contribution in [3.05, 3.63) is 111 Å². The first-order valence-electron chi connectivity index (χ1n) is 14.4.